The van der Waals surface area contributed by atoms with Crippen LogP contribution in [-0.2, 0) is 21.4 Å². The summed E-state index contributed by atoms with van der Waals surface area (Å²) in [6, 6.07) is 15.2. The highest BCUT2D eigenvalue weighted by atomic mass is 32.2. The maximum Gasteiger partial charge on any atom is 0.350 e. The summed E-state index contributed by atoms with van der Waals surface area (Å²) in [5, 5.41) is 7.06. The van der Waals surface area contributed by atoms with E-state index in [1.165, 1.54) is 35.9 Å². The van der Waals surface area contributed by atoms with E-state index in [1.54, 1.807) is 4.57 Å². The van der Waals surface area contributed by atoms with E-state index in [9.17, 15) is 18.0 Å². The number of aromatic nitrogens is 3. The average Bonchev–Trinajstić information content (AvgIpc) is 3.53. The summed E-state index contributed by atoms with van der Waals surface area (Å²) >= 11 is 0. The van der Waals surface area contributed by atoms with E-state index in [0.717, 1.165) is 18.5 Å². The molecular weight excluding hydrogens is 418 g/mol. The number of anilines is 1. The summed E-state index contributed by atoms with van der Waals surface area (Å²) in [7, 11) is -3.76. The number of hydrogen-bond acceptors (Lipinski definition) is 5. The molecule has 1 heterocycles. The summed E-state index contributed by atoms with van der Waals surface area (Å²) in [6.45, 7) is 1.51. The molecule has 0 spiro atoms. The van der Waals surface area contributed by atoms with Crippen molar-refractivity contribution in [2.24, 2.45) is 0 Å². The van der Waals surface area contributed by atoms with Gasteiger partial charge >= 0.3 is 5.69 Å². The van der Waals surface area contributed by atoms with Gasteiger partial charge < -0.3 is 5.32 Å². The third kappa shape index (κ3) is 4.75. The highest BCUT2D eigenvalue weighted by Gasteiger charge is 2.31. The zero-order chi connectivity index (χ0) is 22.0. The van der Waals surface area contributed by atoms with Crippen LogP contribution in [0.4, 0.5) is 5.69 Å². The number of nitrogens with one attached hydrogen (secondary N) is 2. The Hall–Kier alpha value is -3.24. The lowest BCUT2D eigenvalue weighted by molar-refractivity contribution is -0.114. The predicted octanol–water partition coefficient (Wildman–Crippen LogP) is 1.85. The van der Waals surface area contributed by atoms with Gasteiger partial charge in [-0.25, -0.2) is 27.2 Å². The fourth-order valence-electron chi connectivity index (χ4n) is 3.29. The Morgan fingerprint density at radius 3 is 2.39 bits per heavy atom. The van der Waals surface area contributed by atoms with Crippen LogP contribution < -0.4 is 15.7 Å². The van der Waals surface area contributed by atoms with Gasteiger partial charge in [0.15, 0.2) is 0 Å². The maximum atomic E-state index is 12.9. The molecule has 0 atom stereocenters. The van der Waals surface area contributed by atoms with E-state index in [-0.39, 0.29) is 35.5 Å². The summed E-state index contributed by atoms with van der Waals surface area (Å²) in [5.41, 5.74) is 0.976. The topological polar surface area (TPSA) is 115 Å². The Kier molecular flexibility index (Phi) is 5.75. The van der Waals surface area contributed by atoms with Gasteiger partial charge in [-0.1, -0.05) is 18.2 Å². The van der Waals surface area contributed by atoms with Crippen LogP contribution in [0, 0.1) is 0 Å². The molecule has 1 saturated carbocycles. The SMILES string of the molecule is CC(=O)Nc1ccc(S(=O)(=O)NCCn2nc(C3CC3)n(-c3ccccc3)c2=O)cc1. The molecule has 2 N–H and O–H groups in total. The van der Waals surface area contributed by atoms with Crippen LogP contribution in [0.25, 0.3) is 5.69 Å². The summed E-state index contributed by atoms with van der Waals surface area (Å²) in [4.78, 5) is 24.1. The van der Waals surface area contributed by atoms with Crippen molar-refractivity contribution in [2.75, 3.05) is 11.9 Å². The number of carbonyl (C=O) groups is 1. The second kappa shape index (κ2) is 8.48. The van der Waals surface area contributed by atoms with Gasteiger partial charge in [-0.05, 0) is 49.2 Å². The van der Waals surface area contributed by atoms with Gasteiger partial charge in [-0.3, -0.25) is 4.79 Å². The minimum absolute atomic E-state index is 0.0194. The number of hydrogen-bond donors (Lipinski definition) is 2. The van der Waals surface area contributed by atoms with Crippen LogP contribution in [0.3, 0.4) is 0 Å². The second-order valence-electron chi connectivity index (χ2n) is 7.41. The molecule has 0 bridgehead atoms. The van der Waals surface area contributed by atoms with Gasteiger partial charge in [0.2, 0.25) is 15.9 Å². The molecule has 0 saturated heterocycles. The number of sulfonamides is 1. The fourth-order valence-corrected chi connectivity index (χ4v) is 4.31. The van der Waals surface area contributed by atoms with Crippen LogP contribution >= 0.6 is 0 Å². The van der Waals surface area contributed by atoms with Crippen molar-refractivity contribution in [1.29, 1.82) is 0 Å². The lowest BCUT2D eigenvalue weighted by Crippen LogP contribution is -2.32. The van der Waals surface area contributed by atoms with Crippen molar-refractivity contribution in [3.05, 3.63) is 70.9 Å². The molecule has 9 nitrogen and oxygen atoms in total. The molecule has 0 unspecified atom stereocenters. The molecule has 1 fully saturated rings. The number of carbonyl (C=O) groups excluding carboxylic acids is 1. The Bertz CT molecular complexity index is 1240. The van der Waals surface area contributed by atoms with Gasteiger partial charge in [0.25, 0.3) is 0 Å². The van der Waals surface area contributed by atoms with Gasteiger partial charge in [-0.2, -0.15) is 5.10 Å². The van der Waals surface area contributed by atoms with E-state index in [2.05, 4.69) is 15.1 Å². The predicted molar refractivity (Wildman–Crippen MR) is 116 cm³/mol. The van der Waals surface area contributed by atoms with E-state index >= 15 is 0 Å². The van der Waals surface area contributed by atoms with Gasteiger partial charge in [0, 0.05) is 25.1 Å². The molecule has 1 aliphatic rings. The first-order valence-electron chi connectivity index (χ1n) is 9.97. The molecule has 1 amide bonds. The van der Waals surface area contributed by atoms with E-state index in [0.29, 0.717) is 11.5 Å². The van der Waals surface area contributed by atoms with Crippen LogP contribution in [0.5, 0.6) is 0 Å². The maximum absolute atomic E-state index is 12.9. The zero-order valence-electron chi connectivity index (χ0n) is 17.0. The molecule has 0 aliphatic heterocycles. The molecule has 3 aromatic rings. The van der Waals surface area contributed by atoms with Crippen molar-refractivity contribution in [3.8, 4) is 5.69 Å². The standard InChI is InChI=1S/C21H23N5O4S/c1-15(27)23-17-9-11-19(12-10-17)31(29,30)22-13-14-25-21(28)26(18-5-3-2-4-6-18)20(24-25)16-7-8-16/h2-6,9-12,16,22H,7-8,13-14H2,1H3,(H,23,27). The molecule has 2 aromatic carbocycles. The van der Waals surface area contributed by atoms with Gasteiger partial charge in [0.05, 0.1) is 17.1 Å². The molecule has 31 heavy (non-hydrogen) atoms. The Morgan fingerprint density at radius 2 is 1.77 bits per heavy atom. The number of para-hydroxylation sites is 1. The van der Waals surface area contributed by atoms with Gasteiger partial charge in [0.1, 0.15) is 5.82 Å². The van der Waals surface area contributed by atoms with E-state index < -0.39 is 10.0 Å². The average molecular weight is 442 g/mol. The fraction of sp³-hybridized carbons (Fsp3) is 0.286. The van der Waals surface area contributed by atoms with Crippen LogP contribution in [0.15, 0.2) is 64.3 Å². The van der Waals surface area contributed by atoms with Crippen molar-refractivity contribution >= 4 is 21.6 Å². The smallest absolute Gasteiger partial charge is 0.326 e. The van der Waals surface area contributed by atoms with Gasteiger partial charge in [-0.15, -0.1) is 0 Å². The van der Waals surface area contributed by atoms with Crippen molar-refractivity contribution in [2.45, 2.75) is 37.1 Å². The Morgan fingerprint density at radius 1 is 1.10 bits per heavy atom. The molecular formula is C21H23N5O4S. The van der Waals surface area contributed by atoms with Crippen molar-refractivity contribution < 1.29 is 13.2 Å². The van der Waals surface area contributed by atoms with Crippen LogP contribution in [0.1, 0.15) is 31.5 Å². The Balaban J connectivity index is 1.47. The van der Waals surface area contributed by atoms with Crippen molar-refractivity contribution in [1.82, 2.24) is 19.1 Å². The first-order valence-corrected chi connectivity index (χ1v) is 11.5. The largest absolute Gasteiger partial charge is 0.350 e. The normalized spacial score (nSPS) is 13.8. The zero-order valence-corrected chi connectivity index (χ0v) is 17.8. The first-order chi connectivity index (χ1) is 14.8. The summed E-state index contributed by atoms with van der Waals surface area (Å²) < 4.78 is 30.5. The molecule has 1 aliphatic carbocycles. The summed E-state index contributed by atoms with van der Waals surface area (Å²) in [5.74, 6) is 0.736. The highest BCUT2D eigenvalue weighted by Crippen LogP contribution is 2.39. The lowest BCUT2D eigenvalue weighted by atomic mass is 10.3. The minimum Gasteiger partial charge on any atom is -0.326 e. The minimum atomic E-state index is -3.76. The molecule has 162 valence electrons. The molecule has 1 aromatic heterocycles. The van der Waals surface area contributed by atoms with Crippen molar-refractivity contribution in [3.63, 3.8) is 0 Å². The van der Waals surface area contributed by atoms with E-state index in [4.69, 9.17) is 0 Å². The number of rotatable bonds is 8. The summed E-state index contributed by atoms with van der Waals surface area (Å²) in [6.07, 6.45) is 1.98. The molecule has 4 rings (SSSR count). The number of nitrogens with zero attached hydrogens (tertiary/aromatic N) is 3. The third-order valence-corrected chi connectivity index (χ3v) is 6.40. The number of amides is 1. The molecule has 10 heteroatoms. The van der Waals surface area contributed by atoms with Crippen LogP contribution in [-0.4, -0.2) is 35.2 Å². The highest BCUT2D eigenvalue weighted by molar-refractivity contribution is 7.89. The molecule has 0 radical (unpaired) electrons. The van der Waals surface area contributed by atoms with E-state index in [1.807, 2.05) is 30.3 Å². The monoisotopic (exact) mass is 441 g/mol. The third-order valence-electron chi connectivity index (χ3n) is 4.92. The first kappa shape index (κ1) is 21.0. The Labute approximate surface area is 179 Å². The van der Waals surface area contributed by atoms with Crippen LogP contribution in [0.2, 0.25) is 0 Å². The lowest BCUT2D eigenvalue weighted by Gasteiger charge is -2.08. The second-order valence-corrected chi connectivity index (χ2v) is 9.18. The number of benzene rings is 2. The quantitative estimate of drug-likeness (QED) is 0.554.